The van der Waals surface area contributed by atoms with E-state index >= 15 is 0 Å². The predicted octanol–water partition coefficient (Wildman–Crippen LogP) is 7.49. The number of carbonyl (C=O) groups excluding carboxylic acids is 1. The Hall–Kier alpha value is -4.38. The highest BCUT2D eigenvalue weighted by atomic mass is 32.1. The molecule has 2 unspecified atom stereocenters. The number of alkyl halides is 3. The van der Waals surface area contributed by atoms with Gasteiger partial charge in [0, 0.05) is 18.5 Å². The minimum absolute atomic E-state index is 0.0274. The van der Waals surface area contributed by atoms with Crippen LogP contribution >= 0.6 is 12.8 Å². The molecule has 8 nitrogen and oxygen atoms in total. The number of nitrogens with zero attached hydrogens (tertiary/aromatic N) is 2. The van der Waals surface area contributed by atoms with Crippen LogP contribution in [-0.2, 0) is 22.8 Å². The van der Waals surface area contributed by atoms with Gasteiger partial charge in [-0.2, -0.15) is 13.2 Å². The Morgan fingerprint density at radius 3 is 2.39 bits per heavy atom. The van der Waals surface area contributed by atoms with E-state index in [9.17, 15) is 27.5 Å². The number of carboxylic acid groups (broad SMARTS) is 1. The SMILES string of the molecule is CNS.Cc1nc2cc(-c3ccc(C4CCCC(C(=O)Nc5ccc(C(F)(F)F)cc5F)C4)cc3C#CC(C)(C)O)ccc2n1C.O=CO. The van der Waals surface area contributed by atoms with Gasteiger partial charge in [-0.05, 0) is 106 Å². The minimum atomic E-state index is -4.67. The Morgan fingerprint density at radius 1 is 1.10 bits per heavy atom. The van der Waals surface area contributed by atoms with E-state index in [-0.39, 0.29) is 18.1 Å². The number of imidazole rings is 1. The van der Waals surface area contributed by atoms with Crippen LogP contribution in [0.5, 0.6) is 0 Å². The molecule has 0 bridgehead atoms. The van der Waals surface area contributed by atoms with E-state index in [0.29, 0.717) is 18.9 Å². The lowest BCUT2D eigenvalue weighted by atomic mass is 9.77. The molecule has 3 aromatic carbocycles. The summed E-state index contributed by atoms with van der Waals surface area (Å²) in [6.45, 7) is 4.94. The number of anilines is 1. The average molecular weight is 701 g/mol. The number of aromatic nitrogens is 2. The zero-order chi connectivity index (χ0) is 36.5. The molecule has 49 heavy (non-hydrogen) atoms. The lowest BCUT2D eigenvalue weighted by Gasteiger charge is -2.29. The molecule has 13 heteroatoms. The third kappa shape index (κ3) is 10.6. The molecule has 0 spiro atoms. The second kappa shape index (κ2) is 16.8. The summed E-state index contributed by atoms with van der Waals surface area (Å²) < 4.78 is 57.6. The first-order valence-corrected chi connectivity index (χ1v) is 15.9. The maximum absolute atomic E-state index is 14.4. The molecule has 0 aliphatic heterocycles. The van der Waals surface area contributed by atoms with E-state index in [1.54, 1.807) is 20.9 Å². The van der Waals surface area contributed by atoms with Crippen molar-refractivity contribution in [2.24, 2.45) is 13.0 Å². The van der Waals surface area contributed by atoms with E-state index < -0.39 is 35.0 Å². The maximum atomic E-state index is 14.4. The first kappa shape index (κ1) is 39.1. The number of rotatable bonds is 4. The van der Waals surface area contributed by atoms with Crippen LogP contribution in [0.25, 0.3) is 22.2 Å². The van der Waals surface area contributed by atoms with Gasteiger partial charge in [0.05, 0.1) is 22.3 Å². The largest absolute Gasteiger partial charge is 0.483 e. The first-order chi connectivity index (χ1) is 23.0. The maximum Gasteiger partial charge on any atom is 0.416 e. The number of amides is 1. The third-order valence-corrected chi connectivity index (χ3v) is 8.03. The van der Waals surface area contributed by atoms with Crippen molar-refractivity contribution in [3.05, 3.63) is 82.9 Å². The summed E-state index contributed by atoms with van der Waals surface area (Å²) in [6, 6.07) is 14.2. The van der Waals surface area contributed by atoms with Crippen LogP contribution in [0.4, 0.5) is 23.2 Å². The Balaban J connectivity index is 0.00000101. The molecule has 2 atom stereocenters. The number of carbonyl (C=O) groups is 2. The molecular weight excluding hydrogens is 660 g/mol. The van der Waals surface area contributed by atoms with Gasteiger partial charge in [-0.25, -0.2) is 9.37 Å². The fourth-order valence-electron chi connectivity index (χ4n) is 5.64. The quantitative estimate of drug-likeness (QED) is 0.0652. The molecule has 1 saturated carbocycles. The highest BCUT2D eigenvalue weighted by molar-refractivity contribution is 7.78. The number of halogens is 4. The summed E-state index contributed by atoms with van der Waals surface area (Å²) in [4.78, 5) is 26.1. The van der Waals surface area contributed by atoms with Crippen molar-refractivity contribution in [1.29, 1.82) is 0 Å². The molecule has 1 fully saturated rings. The van der Waals surface area contributed by atoms with Gasteiger partial charge in [0.15, 0.2) is 0 Å². The van der Waals surface area contributed by atoms with Crippen LogP contribution in [0, 0.1) is 30.5 Å². The second-order valence-electron chi connectivity index (χ2n) is 12.1. The number of fused-ring (bicyclic) bond motifs is 1. The molecule has 262 valence electrons. The van der Waals surface area contributed by atoms with E-state index in [1.165, 1.54) is 0 Å². The minimum Gasteiger partial charge on any atom is -0.483 e. The molecule has 1 aliphatic carbocycles. The van der Waals surface area contributed by atoms with Crippen LogP contribution < -0.4 is 10.0 Å². The summed E-state index contributed by atoms with van der Waals surface area (Å²) in [5.41, 5.74) is 2.89. The Labute approximate surface area is 288 Å². The van der Waals surface area contributed by atoms with E-state index in [4.69, 9.17) is 9.90 Å². The molecule has 1 aromatic heterocycles. The van der Waals surface area contributed by atoms with Gasteiger partial charge >= 0.3 is 6.18 Å². The highest BCUT2D eigenvalue weighted by Crippen LogP contribution is 2.39. The smallest absolute Gasteiger partial charge is 0.416 e. The van der Waals surface area contributed by atoms with Gasteiger partial charge in [0.1, 0.15) is 17.2 Å². The van der Waals surface area contributed by atoms with Crippen LogP contribution in [-0.4, -0.2) is 44.8 Å². The molecule has 0 saturated heterocycles. The summed E-state index contributed by atoms with van der Waals surface area (Å²) in [5, 5.41) is 19.7. The van der Waals surface area contributed by atoms with Crippen molar-refractivity contribution >= 4 is 41.9 Å². The van der Waals surface area contributed by atoms with Gasteiger partial charge in [-0.3, -0.25) is 14.3 Å². The number of aliphatic hydroxyl groups is 1. The second-order valence-corrected chi connectivity index (χ2v) is 12.6. The lowest BCUT2D eigenvalue weighted by molar-refractivity contribution is -0.137. The van der Waals surface area contributed by atoms with Crippen molar-refractivity contribution in [2.45, 2.75) is 64.1 Å². The molecule has 4 N–H and O–H groups in total. The summed E-state index contributed by atoms with van der Waals surface area (Å²) in [6.07, 6.45) is -1.96. The fourth-order valence-corrected chi connectivity index (χ4v) is 5.64. The number of aryl methyl sites for hydroxylation is 2. The molecule has 1 heterocycles. The van der Waals surface area contributed by atoms with E-state index in [1.807, 2.05) is 54.9 Å². The lowest BCUT2D eigenvalue weighted by Crippen LogP contribution is -2.28. The van der Waals surface area contributed by atoms with Gasteiger partial charge in [-0.1, -0.05) is 49.3 Å². The molecule has 4 aromatic rings. The third-order valence-electron chi connectivity index (χ3n) is 8.03. The van der Waals surface area contributed by atoms with Crippen molar-refractivity contribution < 1.29 is 37.4 Å². The van der Waals surface area contributed by atoms with Crippen molar-refractivity contribution in [1.82, 2.24) is 14.3 Å². The Kier molecular flexibility index (Phi) is 13.4. The molecule has 1 aliphatic rings. The average Bonchev–Trinajstić information content (AvgIpc) is 3.32. The molecule has 5 rings (SSSR count). The van der Waals surface area contributed by atoms with Crippen LogP contribution in [0.15, 0.2) is 54.6 Å². The molecule has 1 amide bonds. The fraction of sp³-hybridized carbons (Fsp3) is 0.361. The van der Waals surface area contributed by atoms with Crippen LogP contribution in [0.3, 0.4) is 0 Å². The molecule has 0 radical (unpaired) electrons. The zero-order valence-electron chi connectivity index (χ0n) is 27.8. The summed E-state index contributed by atoms with van der Waals surface area (Å²) in [7, 11) is 3.71. The number of hydrogen-bond donors (Lipinski definition) is 5. The zero-order valence-corrected chi connectivity index (χ0v) is 28.7. The van der Waals surface area contributed by atoms with Gasteiger partial charge in [-0.15, -0.1) is 0 Å². The predicted molar refractivity (Wildman–Crippen MR) is 186 cm³/mol. The van der Waals surface area contributed by atoms with Crippen LogP contribution in [0.2, 0.25) is 0 Å². The summed E-state index contributed by atoms with van der Waals surface area (Å²) >= 11 is 3.54. The van der Waals surface area contributed by atoms with Crippen molar-refractivity contribution in [3.63, 3.8) is 0 Å². The van der Waals surface area contributed by atoms with E-state index in [2.05, 4.69) is 39.7 Å². The topological polar surface area (TPSA) is 116 Å². The molecular formula is C36H40F4N4O4S. The van der Waals surface area contributed by atoms with Gasteiger partial charge in [0.2, 0.25) is 5.91 Å². The Morgan fingerprint density at radius 2 is 1.78 bits per heavy atom. The Bertz CT molecular complexity index is 1840. The first-order valence-electron chi connectivity index (χ1n) is 15.4. The number of hydrogen-bond acceptors (Lipinski definition) is 6. The monoisotopic (exact) mass is 700 g/mol. The van der Waals surface area contributed by atoms with E-state index in [0.717, 1.165) is 64.1 Å². The van der Waals surface area contributed by atoms with Gasteiger partial charge in [0.25, 0.3) is 6.47 Å². The van der Waals surface area contributed by atoms with Gasteiger partial charge < -0.3 is 20.1 Å². The number of nitrogens with one attached hydrogen (secondary N) is 2. The van der Waals surface area contributed by atoms with Crippen molar-refractivity contribution in [2.75, 3.05) is 12.4 Å². The van der Waals surface area contributed by atoms with Crippen LogP contribution in [0.1, 0.15) is 68.0 Å². The number of thiol groups is 1. The van der Waals surface area contributed by atoms with Crippen molar-refractivity contribution in [3.8, 4) is 23.0 Å². The highest BCUT2D eigenvalue weighted by Gasteiger charge is 2.32. The normalized spacial score (nSPS) is 15.9. The summed E-state index contributed by atoms with van der Waals surface area (Å²) in [5.74, 6) is 5.04. The standard InChI is InChI=1S/C34H33F4N3O2.CH5NS.CH2O2/c1-20-39-30-18-23(9-13-31(30)41(20)4)27-11-8-22(16-24(27)14-15-33(2,3)43)21-6-5-7-25(17-21)32(42)40-29-12-10-26(19-28(29)35)34(36,37)38;1-2-3;2-1-3/h8-13,16,18-19,21,25,43H,5-7,17H2,1-4H3,(H,40,42);2-3H,1H3;1H,(H,2,3). The number of benzene rings is 3.